The molecule has 0 atom stereocenters. The lowest BCUT2D eigenvalue weighted by Gasteiger charge is -2.04. The highest BCUT2D eigenvalue weighted by atomic mass is 16.4. The maximum atomic E-state index is 10.7. The van der Waals surface area contributed by atoms with Crippen molar-refractivity contribution in [1.29, 1.82) is 0 Å². The Kier molecular flexibility index (Phi) is 2.66. The van der Waals surface area contributed by atoms with Crippen LogP contribution in [-0.2, 0) is 0 Å². The Morgan fingerprint density at radius 2 is 2.29 bits per heavy atom. The summed E-state index contributed by atoms with van der Waals surface area (Å²) in [6, 6.07) is 0. The van der Waals surface area contributed by atoms with Gasteiger partial charge in [0.2, 0.25) is 0 Å². The third-order valence-corrected chi connectivity index (χ3v) is 1.68. The number of aromatic carboxylic acids is 1. The van der Waals surface area contributed by atoms with Gasteiger partial charge in [-0.15, -0.1) is 0 Å². The summed E-state index contributed by atoms with van der Waals surface area (Å²) in [7, 11) is 0. The van der Waals surface area contributed by atoms with E-state index >= 15 is 0 Å². The quantitative estimate of drug-likeness (QED) is 0.365. The first-order chi connectivity index (χ1) is 6.57. The summed E-state index contributed by atoms with van der Waals surface area (Å²) in [6.45, 7) is 1.47. The van der Waals surface area contributed by atoms with Gasteiger partial charge < -0.3 is 15.4 Å². The Balaban J connectivity index is 3.45. The zero-order chi connectivity index (χ0) is 10.7. The van der Waals surface area contributed by atoms with Gasteiger partial charge in [-0.05, 0) is 6.92 Å². The fourth-order valence-corrected chi connectivity index (χ4v) is 0.995. The van der Waals surface area contributed by atoms with Crippen LogP contribution in [-0.4, -0.2) is 32.6 Å². The van der Waals surface area contributed by atoms with Crippen molar-refractivity contribution in [2.24, 2.45) is 5.16 Å². The Bertz CT molecular complexity index is 401. The molecule has 0 radical (unpaired) electrons. The number of carboxylic acids is 1. The van der Waals surface area contributed by atoms with Crippen molar-refractivity contribution in [1.82, 2.24) is 4.98 Å². The molecule has 0 unspecified atom stereocenters. The summed E-state index contributed by atoms with van der Waals surface area (Å²) in [4.78, 5) is 14.5. The molecule has 74 valence electrons. The number of rotatable bonds is 2. The SMILES string of the molecule is Cc1ncc(C=NO)c(C(=O)O)c1O. The van der Waals surface area contributed by atoms with E-state index in [1.54, 1.807) is 0 Å². The van der Waals surface area contributed by atoms with E-state index in [2.05, 4.69) is 10.1 Å². The topological polar surface area (TPSA) is 103 Å². The third-order valence-electron chi connectivity index (χ3n) is 1.68. The number of aromatic hydroxyl groups is 1. The summed E-state index contributed by atoms with van der Waals surface area (Å²) >= 11 is 0. The van der Waals surface area contributed by atoms with Crippen molar-refractivity contribution in [3.8, 4) is 5.75 Å². The molecule has 0 aliphatic heterocycles. The standard InChI is InChI=1S/C8H8N2O4/c1-4-7(11)6(8(12)13)5(2-9-4)3-10-14/h2-3,11,14H,1H3,(H,12,13). The molecule has 0 spiro atoms. The molecule has 0 aromatic carbocycles. The van der Waals surface area contributed by atoms with E-state index in [1.807, 2.05) is 0 Å². The maximum Gasteiger partial charge on any atom is 0.340 e. The van der Waals surface area contributed by atoms with Crippen molar-refractivity contribution in [3.05, 3.63) is 23.0 Å². The third kappa shape index (κ3) is 1.63. The van der Waals surface area contributed by atoms with E-state index in [1.165, 1.54) is 13.1 Å². The van der Waals surface area contributed by atoms with Gasteiger partial charge >= 0.3 is 5.97 Å². The first-order valence-corrected chi connectivity index (χ1v) is 3.67. The largest absolute Gasteiger partial charge is 0.505 e. The van der Waals surface area contributed by atoms with Crippen molar-refractivity contribution in [2.75, 3.05) is 0 Å². The van der Waals surface area contributed by atoms with Crippen LogP contribution in [0, 0.1) is 6.92 Å². The van der Waals surface area contributed by atoms with Gasteiger partial charge in [-0.2, -0.15) is 0 Å². The lowest BCUT2D eigenvalue weighted by molar-refractivity contribution is 0.0693. The van der Waals surface area contributed by atoms with Crippen molar-refractivity contribution in [2.45, 2.75) is 6.92 Å². The average Bonchev–Trinajstić information content (AvgIpc) is 2.11. The summed E-state index contributed by atoms with van der Waals surface area (Å²) in [5.74, 6) is -1.72. The monoisotopic (exact) mass is 196 g/mol. The van der Waals surface area contributed by atoms with Crippen molar-refractivity contribution in [3.63, 3.8) is 0 Å². The van der Waals surface area contributed by atoms with Crippen molar-refractivity contribution >= 4 is 12.2 Å². The molecule has 0 bridgehead atoms. The van der Waals surface area contributed by atoms with E-state index in [0.29, 0.717) is 0 Å². The zero-order valence-electron chi connectivity index (χ0n) is 7.30. The molecule has 0 aliphatic rings. The molecule has 6 heteroatoms. The Morgan fingerprint density at radius 3 is 2.79 bits per heavy atom. The number of nitrogens with zero attached hydrogens (tertiary/aromatic N) is 2. The fourth-order valence-electron chi connectivity index (χ4n) is 0.995. The summed E-state index contributed by atoms with van der Waals surface area (Å²) in [6.07, 6.45) is 2.10. The van der Waals surface area contributed by atoms with Gasteiger partial charge in [-0.3, -0.25) is 4.98 Å². The molecule has 1 aromatic rings. The zero-order valence-corrected chi connectivity index (χ0v) is 7.30. The number of aromatic nitrogens is 1. The second kappa shape index (κ2) is 3.73. The second-order valence-corrected chi connectivity index (χ2v) is 2.57. The molecule has 0 saturated carbocycles. The van der Waals surface area contributed by atoms with Crippen LogP contribution in [0.4, 0.5) is 0 Å². The molecule has 1 rings (SSSR count). The molecule has 0 aliphatic carbocycles. The van der Waals surface area contributed by atoms with E-state index < -0.39 is 11.7 Å². The highest BCUT2D eigenvalue weighted by Gasteiger charge is 2.17. The minimum Gasteiger partial charge on any atom is -0.505 e. The molecule has 14 heavy (non-hydrogen) atoms. The summed E-state index contributed by atoms with van der Waals surface area (Å²) in [5.41, 5.74) is -0.0733. The van der Waals surface area contributed by atoms with Gasteiger partial charge in [0.1, 0.15) is 5.56 Å². The van der Waals surface area contributed by atoms with Crippen LogP contribution in [0.25, 0.3) is 0 Å². The van der Waals surface area contributed by atoms with E-state index in [-0.39, 0.29) is 16.8 Å². The Hall–Kier alpha value is -2.11. The van der Waals surface area contributed by atoms with Gasteiger partial charge in [0, 0.05) is 11.8 Å². The van der Waals surface area contributed by atoms with Crippen LogP contribution >= 0.6 is 0 Å². The molecule has 6 nitrogen and oxygen atoms in total. The highest BCUT2D eigenvalue weighted by Crippen LogP contribution is 2.22. The average molecular weight is 196 g/mol. The highest BCUT2D eigenvalue weighted by molar-refractivity contribution is 6.00. The molecular formula is C8H8N2O4. The Labute approximate surface area is 79.1 Å². The van der Waals surface area contributed by atoms with Gasteiger partial charge in [-0.1, -0.05) is 5.16 Å². The molecule has 0 amide bonds. The molecule has 0 fully saturated rings. The maximum absolute atomic E-state index is 10.7. The molecule has 3 N–H and O–H groups in total. The first-order valence-electron chi connectivity index (χ1n) is 3.67. The normalized spacial score (nSPS) is 10.6. The van der Waals surface area contributed by atoms with E-state index in [0.717, 1.165) is 6.21 Å². The van der Waals surface area contributed by atoms with Crippen molar-refractivity contribution < 1.29 is 20.2 Å². The molecule has 1 heterocycles. The van der Waals surface area contributed by atoms with Gasteiger partial charge in [0.25, 0.3) is 0 Å². The van der Waals surface area contributed by atoms with E-state index in [4.69, 9.17) is 10.3 Å². The van der Waals surface area contributed by atoms with E-state index in [9.17, 15) is 9.90 Å². The Morgan fingerprint density at radius 1 is 1.64 bits per heavy atom. The molecule has 0 saturated heterocycles. The smallest absolute Gasteiger partial charge is 0.340 e. The second-order valence-electron chi connectivity index (χ2n) is 2.57. The number of hydrogen-bond donors (Lipinski definition) is 3. The van der Waals surface area contributed by atoms with Crippen LogP contribution in [0.3, 0.4) is 0 Å². The van der Waals surface area contributed by atoms with Crippen LogP contribution in [0.1, 0.15) is 21.6 Å². The lowest BCUT2D eigenvalue weighted by Crippen LogP contribution is -2.05. The molecular weight excluding hydrogens is 188 g/mol. The van der Waals surface area contributed by atoms with Gasteiger partial charge in [-0.25, -0.2) is 4.79 Å². The predicted octanol–water partition coefficient (Wildman–Crippen LogP) is 0.602. The van der Waals surface area contributed by atoms with Crippen LogP contribution in [0.5, 0.6) is 5.75 Å². The fraction of sp³-hybridized carbons (Fsp3) is 0.125. The van der Waals surface area contributed by atoms with Crippen LogP contribution in [0.2, 0.25) is 0 Å². The number of pyridine rings is 1. The summed E-state index contributed by atoms with van der Waals surface area (Å²) < 4.78 is 0. The number of carbonyl (C=O) groups is 1. The van der Waals surface area contributed by atoms with Crippen LogP contribution < -0.4 is 0 Å². The predicted molar refractivity (Wildman–Crippen MR) is 47.0 cm³/mol. The number of carboxylic acid groups (broad SMARTS) is 1. The lowest BCUT2D eigenvalue weighted by atomic mass is 10.1. The van der Waals surface area contributed by atoms with Crippen LogP contribution in [0.15, 0.2) is 11.4 Å². The first kappa shape index (κ1) is 9.97. The number of hydrogen-bond acceptors (Lipinski definition) is 5. The number of aryl methyl sites for hydroxylation is 1. The minimum atomic E-state index is -1.30. The summed E-state index contributed by atoms with van der Waals surface area (Å²) in [5, 5.41) is 29.1. The number of oxime groups is 1. The van der Waals surface area contributed by atoms with Gasteiger partial charge in [0.05, 0.1) is 11.9 Å². The molecule has 1 aromatic heterocycles. The minimum absolute atomic E-state index is 0.0445. The van der Waals surface area contributed by atoms with Gasteiger partial charge in [0.15, 0.2) is 5.75 Å².